The average Bonchev–Trinajstić information content (AvgIpc) is 2.48. The molecule has 2 rings (SSSR count). The first-order chi connectivity index (χ1) is 9.29. The number of rotatable bonds is 5. The van der Waals surface area contributed by atoms with Crippen LogP contribution in [0.5, 0.6) is 0 Å². The lowest BCUT2D eigenvalue weighted by molar-refractivity contribution is -0.131. The topological polar surface area (TPSA) is 96.2 Å². The molecule has 0 saturated carbocycles. The fraction of sp³-hybridized carbons (Fsp3) is 0.583. The molecule has 0 bridgehead atoms. The van der Waals surface area contributed by atoms with Gasteiger partial charge >= 0.3 is 0 Å². The van der Waals surface area contributed by atoms with Crippen LogP contribution in [0.2, 0.25) is 0 Å². The van der Waals surface area contributed by atoms with Crippen LogP contribution < -0.4 is 16.6 Å². The second kappa shape index (κ2) is 6.89. The lowest BCUT2D eigenvalue weighted by Gasteiger charge is -2.26. The minimum Gasteiger partial charge on any atom is -0.368 e. The number of anilines is 2. The molecule has 19 heavy (non-hydrogen) atoms. The Balaban J connectivity index is 1.74. The fourth-order valence-electron chi connectivity index (χ4n) is 2.12. The number of hydrazine groups is 1. The smallest absolute Gasteiger partial charge is 0.224 e. The molecule has 0 atom stereocenters. The van der Waals surface area contributed by atoms with Gasteiger partial charge in [-0.1, -0.05) is 0 Å². The van der Waals surface area contributed by atoms with E-state index in [1.165, 1.54) is 12.6 Å². The number of carbonyl (C=O) groups is 1. The van der Waals surface area contributed by atoms with Gasteiger partial charge in [0.05, 0.1) is 12.4 Å². The van der Waals surface area contributed by atoms with Crippen LogP contribution in [0, 0.1) is 0 Å². The van der Waals surface area contributed by atoms with Gasteiger partial charge in [-0.2, -0.15) is 0 Å². The Kier molecular flexibility index (Phi) is 4.91. The molecule has 1 aliphatic heterocycles. The summed E-state index contributed by atoms with van der Waals surface area (Å²) in [7, 11) is 0. The third-order valence-electron chi connectivity index (χ3n) is 3.14. The summed E-state index contributed by atoms with van der Waals surface area (Å²) in [5, 5.41) is 3.07. The molecular formula is C12H20N6O. The molecule has 4 N–H and O–H groups in total. The molecule has 0 aliphatic carbocycles. The molecule has 1 saturated heterocycles. The molecule has 7 nitrogen and oxygen atoms in total. The van der Waals surface area contributed by atoms with Gasteiger partial charge in [-0.15, -0.1) is 0 Å². The van der Waals surface area contributed by atoms with Crippen molar-refractivity contribution in [3.63, 3.8) is 0 Å². The zero-order valence-corrected chi connectivity index (χ0v) is 10.9. The minimum atomic E-state index is 0.202. The van der Waals surface area contributed by atoms with E-state index >= 15 is 0 Å². The van der Waals surface area contributed by atoms with Gasteiger partial charge < -0.3 is 15.6 Å². The van der Waals surface area contributed by atoms with Crippen LogP contribution >= 0.6 is 0 Å². The lowest BCUT2D eigenvalue weighted by Crippen LogP contribution is -2.36. The summed E-state index contributed by atoms with van der Waals surface area (Å²) in [5.41, 5.74) is 2.43. The van der Waals surface area contributed by atoms with Crippen molar-refractivity contribution in [3.8, 4) is 0 Å². The van der Waals surface area contributed by atoms with Crippen LogP contribution in [0.15, 0.2) is 12.4 Å². The third-order valence-corrected chi connectivity index (χ3v) is 3.14. The number of amides is 1. The van der Waals surface area contributed by atoms with Crippen LogP contribution in [0.1, 0.15) is 25.7 Å². The van der Waals surface area contributed by atoms with Crippen molar-refractivity contribution in [1.82, 2.24) is 14.9 Å². The number of nitrogens with zero attached hydrogens (tertiary/aromatic N) is 3. The van der Waals surface area contributed by atoms with Crippen molar-refractivity contribution in [1.29, 1.82) is 0 Å². The van der Waals surface area contributed by atoms with Crippen molar-refractivity contribution in [2.24, 2.45) is 5.84 Å². The first kappa shape index (κ1) is 13.5. The summed E-state index contributed by atoms with van der Waals surface area (Å²) >= 11 is 0. The largest absolute Gasteiger partial charge is 0.368 e. The maximum absolute atomic E-state index is 11.9. The van der Waals surface area contributed by atoms with Crippen molar-refractivity contribution in [2.75, 3.05) is 30.4 Å². The number of hydrogen-bond acceptors (Lipinski definition) is 6. The van der Waals surface area contributed by atoms with Gasteiger partial charge in [0, 0.05) is 26.1 Å². The standard InChI is InChI=1S/C12H20N6O/c13-17-11-9-14-8-10(16-11)15-5-4-12(19)18-6-2-1-3-7-18/h8-9H,1-7,13H2,(H2,15,16,17). The number of nitrogens with one attached hydrogen (secondary N) is 2. The van der Waals surface area contributed by atoms with Crippen LogP contribution in [-0.4, -0.2) is 40.4 Å². The number of nitrogens with two attached hydrogens (primary N) is 1. The second-order valence-electron chi connectivity index (χ2n) is 4.55. The van der Waals surface area contributed by atoms with Crippen molar-refractivity contribution >= 4 is 17.5 Å². The maximum Gasteiger partial charge on any atom is 0.224 e. The molecule has 1 aromatic heterocycles. The maximum atomic E-state index is 11.9. The Hall–Kier alpha value is -1.89. The molecule has 1 amide bonds. The van der Waals surface area contributed by atoms with E-state index in [9.17, 15) is 4.79 Å². The summed E-state index contributed by atoms with van der Waals surface area (Å²) in [6.07, 6.45) is 7.08. The average molecular weight is 264 g/mol. The Labute approximate surface area is 112 Å². The first-order valence-electron chi connectivity index (χ1n) is 6.60. The van der Waals surface area contributed by atoms with Gasteiger partial charge in [0.1, 0.15) is 5.82 Å². The van der Waals surface area contributed by atoms with E-state index in [1.807, 2.05) is 4.90 Å². The Morgan fingerprint density at radius 3 is 2.74 bits per heavy atom. The predicted molar refractivity (Wildman–Crippen MR) is 73.4 cm³/mol. The minimum absolute atomic E-state index is 0.202. The number of hydrogen-bond donors (Lipinski definition) is 3. The lowest BCUT2D eigenvalue weighted by atomic mass is 10.1. The van der Waals surface area contributed by atoms with E-state index in [1.54, 1.807) is 6.20 Å². The number of nitrogen functional groups attached to an aromatic ring is 1. The highest BCUT2D eigenvalue weighted by Gasteiger charge is 2.15. The number of piperidine rings is 1. The van der Waals surface area contributed by atoms with Crippen molar-refractivity contribution in [3.05, 3.63) is 12.4 Å². The summed E-state index contributed by atoms with van der Waals surface area (Å²) in [5.74, 6) is 6.56. The highest BCUT2D eigenvalue weighted by molar-refractivity contribution is 5.76. The van der Waals surface area contributed by atoms with Crippen LogP contribution in [0.3, 0.4) is 0 Å². The van der Waals surface area contributed by atoms with Crippen LogP contribution in [0.4, 0.5) is 11.6 Å². The Morgan fingerprint density at radius 1 is 1.26 bits per heavy atom. The Bertz CT molecular complexity index is 418. The summed E-state index contributed by atoms with van der Waals surface area (Å²) in [4.78, 5) is 22.0. The summed E-state index contributed by atoms with van der Waals surface area (Å²) in [6, 6.07) is 0. The Morgan fingerprint density at radius 2 is 2.00 bits per heavy atom. The number of likely N-dealkylation sites (tertiary alicyclic amines) is 1. The molecule has 0 radical (unpaired) electrons. The van der Waals surface area contributed by atoms with Gasteiger partial charge in [-0.25, -0.2) is 10.8 Å². The van der Waals surface area contributed by atoms with E-state index in [4.69, 9.17) is 5.84 Å². The molecule has 0 spiro atoms. The molecular weight excluding hydrogens is 244 g/mol. The molecule has 2 heterocycles. The van der Waals surface area contributed by atoms with Gasteiger partial charge in [0.2, 0.25) is 5.91 Å². The number of aromatic nitrogens is 2. The number of carbonyl (C=O) groups excluding carboxylic acids is 1. The van der Waals surface area contributed by atoms with Crippen LogP contribution in [-0.2, 0) is 4.79 Å². The molecule has 0 unspecified atom stereocenters. The SMILES string of the molecule is NNc1cncc(NCCC(=O)N2CCCCC2)n1. The third kappa shape index (κ3) is 4.06. The quantitative estimate of drug-likeness (QED) is 0.531. The van der Waals surface area contributed by atoms with E-state index in [0.29, 0.717) is 24.6 Å². The molecule has 0 aromatic carbocycles. The van der Waals surface area contributed by atoms with Crippen molar-refractivity contribution < 1.29 is 4.79 Å². The first-order valence-corrected chi connectivity index (χ1v) is 6.60. The fourth-order valence-corrected chi connectivity index (χ4v) is 2.12. The van der Waals surface area contributed by atoms with Gasteiger partial charge in [-0.3, -0.25) is 9.78 Å². The molecule has 1 aliphatic rings. The second-order valence-corrected chi connectivity index (χ2v) is 4.55. The van der Waals surface area contributed by atoms with Gasteiger partial charge in [0.25, 0.3) is 0 Å². The monoisotopic (exact) mass is 264 g/mol. The molecule has 1 fully saturated rings. The zero-order chi connectivity index (χ0) is 13.5. The highest BCUT2D eigenvalue weighted by Crippen LogP contribution is 2.10. The van der Waals surface area contributed by atoms with E-state index in [2.05, 4.69) is 20.7 Å². The molecule has 1 aromatic rings. The molecule has 7 heteroatoms. The van der Waals surface area contributed by atoms with Gasteiger partial charge in [-0.05, 0) is 19.3 Å². The normalized spacial score (nSPS) is 15.1. The zero-order valence-electron chi connectivity index (χ0n) is 10.9. The highest BCUT2D eigenvalue weighted by atomic mass is 16.2. The van der Waals surface area contributed by atoms with Gasteiger partial charge in [0.15, 0.2) is 5.82 Å². The predicted octanol–water partition coefficient (Wildman–Crippen LogP) is 0.577. The van der Waals surface area contributed by atoms with E-state index < -0.39 is 0 Å². The van der Waals surface area contributed by atoms with E-state index in [-0.39, 0.29) is 5.91 Å². The summed E-state index contributed by atoms with van der Waals surface area (Å²) in [6.45, 7) is 2.34. The van der Waals surface area contributed by atoms with E-state index in [0.717, 1.165) is 25.9 Å². The van der Waals surface area contributed by atoms with Crippen LogP contribution in [0.25, 0.3) is 0 Å². The summed E-state index contributed by atoms with van der Waals surface area (Å²) < 4.78 is 0. The van der Waals surface area contributed by atoms with Crippen molar-refractivity contribution in [2.45, 2.75) is 25.7 Å². The molecule has 104 valence electrons.